The Labute approximate surface area is 135 Å². The highest BCUT2D eigenvalue weighted by Gasteiger charge is 2.13. The lowest BCUT2D eigenvalue weighted by Gasteiger charge is -1.96. The summed E-state index contributed by atoms with van der Waals surface area (Å²) in [5.74, 6) is 1.31. The number of benzene rings is 1. The highest BCUT2D eigenvalue weighted by Crippen LogP contribution is 2.25. The average Bonchev–Trinajstić information content (AvgIpc) is 3.06. The number of aromatic nitrogens is 1. The Bertz CT molecular complexity index is 795. The van der Waals surface area contributed by atoms with Crippen LogP contribution in [0.3, 0.4) is 0 Å². The predicted molar refractivity (Wildman–Crippen MR) is 89.2 cm³/mol. The summed E-state index contributed by atoms with van der Waals surface area (Å²) in [6.07, 6.45) is 0.876. The first-order valence-corrected chi connectivity index (χ1v) is 7.74. The first kappa shape index (κ1) is 16.8. The van der Waals surface area contributed by atoms with Gasteiger partial charge in [-0.25, -0.2) is 0 Å². The number of fused-ring (bicyclic) bond motifs is 1. The van der Waals surface area contributed by atoms with Crippen molar-refractivity contribution in [2.75, 3.05) is 0 Å². The van der Waals surface area contributed by atoms with Crippen LogP contribution in [0.2, 0.25) is 0 Å². The van der Waals surface area contributed by atoms with E-state index in [1.165, 1.54) is 0 Å². The molecule has 0 aliphatic heterocycles. The molecule has 3 rings (SSSR count). The zero-order valence-corrected chi connectivity index (χ0v) is 14.0. The summed E-state index contributed by atoms with van der Waals surface area (Å²) in [6, 6.07) is 7.63. The van der Waals surface area contributed by atoms with E-state index in [0.29, 0.717) is 6.42 Å². The van der Waals surface area contributed by atoms with E-state index in [1.807, 2.05) is 52.0 Å². The number of hydrogen-bond acceptors (Lipinski definition) is 4. The molecule has 1 aromatic carbocycles. The molecule has 2 heterocycles. The van der Waals surface area contributed by atoms with Gasteiger partial charge in [0.25, 0.3) is 0 Å². The summed E-state index contributed by atoms with van der Waals surface area (Å²) in [4.78, 5) is 11.0. The maximum atomic E-state index is 11.0. The van der Waals surface area contributed by atoms with E-state index < -0.39 is 0 Å². The SMILES string of the molecule is CC.Cc1noc(C)c1Cc1cc2cc(CC(N)=O)ccc2o1. The standard InChI is InChI=1S/C16H16N2O3.C2H6/c1-9-14(10(2)21-18-9)8-13-7-12-5-11(6-16(17)19)3-4-15(12)20-13;1-2/h3-5,7H,6,8H2,1-2H3,(H2,17,19);1-2H3. The minimum atomic E-state index is -0.339. The van der Waals surface area contributed by atoms with Crippen molar-refractivity contribution < 1.29 is 13.7 Å². The van der Waals surface area contributed by atoms with Crippen LogP contribution in [0, 0.1) is 13.8 Å². The molecular formula is C18H22N2O3. The van der Waals surface area contributed by atoms with Gasteiger partial charge in [0.1, 0.15) is 17.1 Å². The summed E-state index contributed by atoms with van der Waals surface area (Å²) in [7, 11) is 0. The molecule has 0 fully saturated rings. The van der Waals surface area contributed by atoms with E-state index in [0.717, 1.165) is 39.3 Å². The first-order chi connectivity index (χ1) is 11.0. The number of nitrogens with zero attached hydrogens (tertiary/aromatic N) is 1. The van der Waals surface area contributed by atoms with Crippen LogP contribution in [0.4, 0.5) is 0 Å². The van der Waals surface area contributed by atoms with Gasteiger partial charge in [-0.3, -0.25) is 4.79 Å². The van der Waals surface area contributed by atoms with Gasteiger partial charge >= 0.3 is 0 Å². The van der Waals surface area contributed by atoms with Gasteiger partial charge < -0.3 is 14.7 Å². The third-order valence-corrected chi connectivity index (χ3v) is 3.54. The Morgan fingerprint density at radius 2 is 1.96 bits per heavy atom. The second kappa shape index (κ2) is 7.13. The van der Waals surface area contributed by atoms with Crippen LogP contribution >= 0.6 is 0 Å². The minimum absolute atomic E-state index is 0.236. The first-order valence-electron chi connectivity index (χ1n) is 7.74. The molecule has 23 heavy (non-hydrogen) atoms. The fourth-order valence-electron chi connectivity index (χ4n) is 2.47. The summed E-state index contributed by atoms with van der Waals surface area (Å²) >= 11 is 0. The summed E-state index contributed by atoms with van der Waals surface area (Å²) in [5.41, 5.74) is 8.83. The molecule has 5 heteroatoms. The smallest absolute Gasteiger partial charge is 0.221 e. The molecule has 0 radical (unpaired) electrons. The number of carbonyl (C=O) groups excluding carboxylic acids is 1. The topological polar surface area (TPSA) is 82.3 Å². The summed E-state index contributed by atoms with van der Waals surface area (Å²) in [5, 5.41) is 4.91. The number of carbonyl (C=O) groups is 1. The quantitative estimate of drug-likeness (QED) is 0.796. The van der Waals surface area contributed by atoms with Crippen LogP contribution in [0.1, 0.15) is 42.2 Å². The van der Waals surface area contributed by atoms with Gasteiger partial charge in [-0.1, -0.05) is 25.1 Å². The molecule has 2 N–H and O–H groups in total. The molecule has 0 atom stereocenters. The number of amides is 1. The monoisotopic (exact) mass is 314 g/mol. The maximum absolute atomic E-state index is 11.0. The Hall–Kier alpha value is -2.56. The van der Waals surface area contributed by atoms with Crippen LogP contribution in [-0.2, 0) is 17.6 Å². The second-order valence-corrected chi connectivity index (χ2v) is 5.21. The van der Waals surface area contributed by atoms with Crippen molar-refractivity contribution in [3.8, 4) is 0 Å². The molecule has 0 aliphatic rings. The molecular weight excluding hydrogens is 292 g/mol. The number of aryl methyl sites for hydroxylation is 2. The Morgan fingerprint density at radius 1 is 1.22 bits per heavy atom. The van der Waals surface area contributed by atoms with Crippen molar-refractivity contribution in [1.82, 2.24) is 5.16 Å². The van der Waals surface area contributed by atoms with Crippen LogP contribution in [0.25, 0.3) is 11.0 Å². The highest BCUT2D eigenvalue weighted by atomic mass is 16.5. The van der Waals surface area contributed by atoms with Crippen molar-refractivity contribution in [2.45, 2.75) is 40.5 Å². The van der Waals surface area contributed by atoms with E-state index in [2.05, 4.69) is 5.16 Å². The zero-order valence-electron chi connectivity index (χ0n) is 14.0. The van der Waals surface area contributed by atoms with Gasteiger partial charge in [-0.2, -0.15) is 0 Å². The highest BCUT2D eigenvalue weighted by molar-refractivity contribution is 5.82. The molecule has 0 unspecified atom stereocenters. The maximum Gasteiger partial charge on any atom is 0.221 e. The van der Waals surface area contributed by atoms with E-state index in [9.17, 15) is 4.79 Å². The van der Waals surface area contributed by atoms with Gasteiger partial charge in [-0.05, 0) is 37.6 Å². The zero-order chi connectivity index (χ0) is 17.0. The normalized spacial score (nSPS) is 10.4. The third kappa shape index (κ3) is 3.80. The van der Waals surface area contributed by atoms with Crippen molar-refractivity contribution in [3.63, 3.8) is 0 Å². The Balaban J connectivity index is 0.000000924. The Morgan fingerprint density at radius 3 is 2.57 bits per heavy atom. The predicted octanol–water partition coefficient (Wildman–Crippen LogP) is 3.68. The molecule has 122 valence electrons. The molecule has 2 aromatic heterocycles. The van der Waals surface area contributed by atoms with E-state index in [1.54, 1.807) is 0 Å². The largest absolute Gasteiger partial charge is 0.461 e. The lowest BCUT2D eigenvalue weighted by molar-refractivity contribution is -0.117. The van der Waals surface area contributed by atoms with Gasteiger partial charge in [0, 0.05) is 17.4 Å². The van der Waals surface area contributed by atoms with Gasteiger partial charge in [0.05, 0.1) is 12.1 Å². The van der Waals surface area contributed by atoms with Crippen LogP contribution in [0.5, 0.6) is 0 Å². The molecule has 3 aromatic rings. The average molecular weight is 314 g/mol. The van der Waals surface area contributed by atoms with Crippen molar-refractivity contribution >= 4 is 16.9 Å². The summed E-state index contributed by atoms with van der Waals surface area (Å²) < 4.78 is 11.0. The molecule has 0 aliphatic carbocycles. The van der Waals surface area contributed by atoms with Gasteiger partial charge in [-0.15, -0.1) is 0 Å². The number of nitrogens with two attached hydrogens (primary N) is 1. The molecule has 0 saturated carbocycles. The lowest BCUT2D eigenvalue weighted by atomic mass is 10.1. The number of hydrogen-bond donors (Lipinski definition) is 1. The number of rotatable bonds is 4. The second-order valence-electron chi connectivity index (χ2n) is 5.21. The lowest BCUT2D eigenvalue weighted by Crippen LogP contribution is -2.13. The molecule has 0 spiro atoms. The summed E-state index contributed by atoms with van der Waals surface area (Å²) in [6.45, 7) is 7.81. The van der Waals surface area contributed by atoms with Crippen molar-refractivity contribution in [3.05, 3.63) is 52.6 Å². The fourth-order valence-corrected chi connectivity index (χ4v) is 2.47. The van der Waals surface area contributed by atoms with Gasteiger partial charge in [0.2, 0.25) is 5.91 Å². The van der Waals surface area contributed by atoms with E-state index in [4.69, 9.17) is 14.7 Å². The molecule has 1 amide bonds. The Kier molecular flexibility index (Phi) is 5.21. The fraction of sp³-hybridized carbons (Fsp3) is 0.333. The van der Waals surface area contributed by atoms with Crippen molar-refractivity contribution in [2.24, 2.45) is 5.73 Å². The third-order valence-electron chi connectivity index (χ3n) is 3.54. The van der Waals surface area contributed by atoms with Gasteiger partial charge in [0.15, 0.2) is 0 Å². The van der Waals surface area contributed by atoms with Crippen molar-refractivity contribution in [1.29, 1.82) is 0 Å². The molecule has 5 nitrogen and oxygen atoms in total. The van der Waals surface area contributed by atoms with E-state index in [-0.39, 0.29) is 12.3 Å². The van der Waals surface area contributed by atoms with Crippen LogP contribution in [-0.4, -0.2) is 11.1 Å². The molecule has 0 saturated heterocycles. The molecule has 0 bridgehead atoms. The van der Waals surface area contributed by atoms with Crippen LogP contribution < -0.4 is 5.73 Å². The number of primary amides is 1. The number of furan rings is 1. The van der Waals surface area contributed by atoms with E-state index >= 15 is 0 Å². The van der Waals surface area contributed by atoms with Crippen LogP contribution in [0.15, 0.2) is 33.2 Å². The minimum Gasteiger partial charge on any atom is -0.461 e.